The maximum atomic E-state index is 12.4. The molecule has 1 aromatic rings. The number of rotatable bonds is 4. The summed E-state index contributed by atoms with van der Waals surface area (Å²) in [5.41, 5.74) is -4.66. The minimum atomic E-state index is -4.83. The van der Waals surface area contributed by atoms with Crippen molar-refractivity contribution in [2.24, 2.45) is 5.41 Å². The standard InChI is InChI=1S/C14H17F3N2O2S/c1-13(2)7-8-19(12(13)20)9-10-5-3-4-6-11(10)18-22(21)14(15,16)17/h3-6,18H,7-9H2,1-2H3. The zero-order chi connectivity index (χ0) is 16.5. The van der Waals surface area contributed by atoms with Crippen LogP contribution in [-0.2, 0) is 22.3 Å². The number of benzene rings is 1. The molecule has 1 heterocycles. The highest BCUT2D eigenvalue weighted by Gasteiger charge is 2.39. The van der Waals surface area contributed by atoms with E-state index in [1.54, 1.807) is 23.1 Å². The fourth-order valence-electron chi connectivity index (χ4n) is 2.32. The normalized spacial score (nSPS) is 19.3. The molecule has 1 aliphatic rings. The molecule has 2 rings (SSSR count). The molecule has 0 bridgehead atoms. The van der Waals surface area contributed by atoms with Crippen LogP contribution in [0.15, 0.2) is 24.3 Å². The molecular weight excluding hydrogens is 317 g/mol. The highest BCUT2D eigenvalue weighted by Crippen LogP contribution is 2.32. The van der Waals surface area contributed by atoms with Crippen LogP contribution in [0.5, 0.6) is 0 Å². The topological polar surface area (TPSA) is 49.4 Å². The largest absolute Gasteiger partial charge is 0.490 e. The van der Waals surface area contributed by atoms with E-state index >= 15 is 0 Å². The van der Waals surface area contributed by atoms with Crippen molar-refractivity contribution in [2.75, 3.05) is 11.3 Å². The molecular formula is C14H17F3N2O2S. The maximum Gasteiger partial charge on any atom is 0.490 e. The van der Waals surface area contributed by atoms with Crippen molar-refractivity contribution in [3.05, 3.63) is 29.8 Å². The van der Waals surface area contributed by atoms with Crippen molar-refractivity contribution in [2.45, 2.75) is 32.3 Å². The van der Waals surface area contributed by atoms with Gasteiger partial charge in [0.15, 0.2) is 0 Å². The minimum absolute atomic E-state index is 0.0285. The number of likely N-dealkylation sites (tertiary alicyclic amines) is 1. The Hall–Kier alpha value is -1.57. The van der Waals surface area contributed by atoms with Gasteiger partial charge >= 0.3 is 5.51 Å². The van der Waals surface area contributed by atoms with E-state index in [0.717, 1.165) is 0 Å². The zero-order valence-corrected chi connectivity index (χ0v) is 13.1. The van der Waals surface area contributed by atoms with Gasteiger partial charge in [0.05, 0.1) is 5.69 Å². The predicted octanol–water partition coefficient (Wildman–Crippen LogP) is 3.04. The Morgan fingerprint density at radius 2 is 1.95 bits per heavy atom. The quantitative estimate of drug-likeness (QED) is 0.920. The fraction of sp³-hybridized carbons (Fsp3) is 0.500. The molecule has 1 amide bonds. The van der Waals surface area contributed by atoms with Crippen molar-refractivity contribution in [1.29, 1.82) is 0 Å². The summed E-state index contributed by atoms with van der Waals surface area (Å²) in [4.78, 5) is 13.8. The van der Waals surface area contributed by atoms with Crippen molar-refractivity contribution >= 4 is 22.6 Å². The van der Waals surface area contributed by atoms with E-state index in [1.807, 2.05) is 18.6 Å². The molecule has 8 heteroatoms. The van der Waals surface area contributed by atoms with Crippen molar-refractivity contribution in [3.8, 4) is 0 Å². The molecule has 0 radical (unpaired) electrons. The van der Waals surface area contributed by atoms with Gasteiger partial charge in [0.1, 0.15) is 0 Å². The lowest BCUT2D eigenvalue weighted by molar-refractivity contribution is -0.135. The highest BCUT2D eigenvalue weighted by atomic mass is 32.2. The predicted molar refractivity (Wildman–Crippen MR) is 78.1 cm³/mol. The molecule has 0 spiro atoms. The molecule has 1 unspecified atom stereocenters. The third-order valence-corrected chi connectivity index (χ3v) is 4.49. The minimum Gasteiger partial charge on any atom is -0.338 e. The number of hydrogen-bond acceptors (Lipinski definition) is 2. The molecule has 22 heavy (non-hydrogen) atoms. The molecule has 0 saturated carbocycles. The van der Waals surface area contributed by atoms with Gasteiger partial charge in [-0.15, -0.1) is 0 Å². The van der Waals surface area contributed by atoms with Gasteiger partial charge in [-0.3, -0.25) is 9.52 Å². The summed E-state index contributed by atoms with van der Waals surface area (Å²) in [6.45, 7) is 4.44. The fourth-order valence-corrected chi connectivity index (χ4v) is 2.84. The van der Waals surface area contributed by atoms with Gasteiger partial charge in [0.25, 0.3) is 0 Å². The number of anilines is 1. The summed E-state index contributed by atoms with van der Waals surface area (Å²) in [7, 11) is -3.18. The van der Waals surface area contributed by atoms with Crippen LogP contribution in [0.25, 0.3) is 0 Å². The van der Waals surface area contributed by atoms with Crippen LogP contribution in [0.2, 0.25) is 0 Å². The van der Waals surface area contributed by atoms with Crippen molar-refractivity contribution < 1.29 is 22.2 Å². The number of carbonyl (C=O) groups excluding carboxylic acids is 1. The van der Waals surface area contributed by atoms with E-state index in [2.05, 4.69) is 0 Å². The van der Waals surface area contributed by atoms with E-state index in [-0.39, 0.29) is 18.1 Å². The number of nitrogens with zero attached hydrogens (tertiary/aromatic N) is 1. The Labute approximate surface area is 129 Å². The number of carbonyl (C=O) groups is 1. The van der Waals surface area contributed by atoms with Crippen molar-refractivity contribution in [1.82, 2.24) is 4.90 Å². The van der Waals surface area contributed by atoms with Crippen molar-refractivity contribution in [3.63, 3.8) is 0 Å². The number of halogens is 3. The Bertz CT molecular complexity index is 602. The van der Waals surface area contributed by atoms with Crippen LogP contribution in [0.1, 0.15) is 25.8 Å². The smallest absolute Gasteiger partial charge is 0.338 e. The highest BCUT2D eigenvalue weighted by molar-refractivity contribution is 7.87. The lowest BCUT2D eigenvalue weighted by atomic mass is 9.92. The Kier molecular flexibility index (Phi) is 4.51. The first-order valence-corrected chi connectivity index (χ1v) is 7.89. The van der Waals surface area contributed by atoms with Gasteiger partial charge in [0, 0.05) is 18.5 Å². The molecule has 0 aliphatic carbocycles. The van der Waals surface area contributed by atoms with Gasteiger partial charge in [-0.25, -0.2) is 4.21 Å². The van der Waals surface area contributed by atoms with E-state index in [1.165, 1.54) is 6.07 Å². The van der Waals surface area contributed by atoms with Gasteiger partial charge in [-0.05, 0) is 18.1 Å². The lowest BCUT2D eigenvalue weighted by Crippen LogP contribution is -2.31. The Morgan fingerprint density at radius 3 is 2.50 bits per heavy atom. The number of alkyl halides is 3. The molecule has 0 aromatic heterocycles. The SMILES string of the molecule is CC1(C)CCN(Cc2ccccc2NS(=O)C(F)(F)F)C1=O. The average molecular weight is 334 g/mol. The number of amides is 1. The second kappa shape index (κ2) is 5.91. The molecule has 1 fully saturated rings. The second-order valence-corrected chi connectivity index (χ2v) is 7.04. The van der Waals surface area contributed by atoms with E-state index in [9.17, 15) is 22.2 Å². The summed E-state index contributed by atoms with van der Waals surface area (Å²) in [6.07, 6.45) is 0.704. The molecule has 1 N–H and O–H groups in total. The van der Waals surface area contributed by atoms with E-state index < -0.39 is 21.9 Å². The summed E-state index contributed by atoms with van der Waals surface area (Å²) < 4.78 is 50.4. The molecule has 1 atom stereocenters. The van der Waals surface area contributed by atoms with E-state index in [4.69, 9.17) is 0 Å². The number of para-hydroxylation sites is 1. The van der Waals surface area contributed by atoms with Crippen LogP contribution < -0.4 is 4.72 Å². The maximum absolute atomic E-state index is 12.4. The van der Waals surface area contributed by atoms with Crippen LogP contribution in [0.4, 0.5) is 18.9 Å². The Morgan fingerprint density at radius 1 is 1.32 bits per heavy atom. The van der Waals surface area contributed by atoms with E-state index in [0.29, 0.717) is 18.5 Å². The molecule has 4 nitrogen and oxygen atoms in total. The van der Waals surface area contributed by atoms with Crippen LogP contribution >= 0.6 is 0 Å². The molecule has 1 saturated heterocycles. The van der Waals surface area contributed by atoms with Crippen LogP contribution in [-0.4, -0.2) is 27.1 Å². The lowest BCUT2D eigenvalue weighted by Gasteiger charge is -2.21. The Balaban J connectivity index is 2.16. The first-order valence-electron chi connectivity index (χ1n) is 6.74. The van der Waals surface area contributed by atoms with Crippen LogP contribution in [0.3, 0.4) is 0 Å². The van der Waals surface area contributed by atoms with Crippen LogP contribution in [0, 0.1) is 5.41 Å². The molecule has 1 aliphatic heterocycles. The van der Waals surface area contributed by atoms with Gasteiger partial charge in [-0.1, -0.05) is 32.0 Å². The van der Waals surface area contributed by atoms with Gasteiger partial charge < -0.3 is 4.90 Å². The summed E-state index contributed by atoms with van der Waals surface area (Å²) >= 11 is 0. The third kappa shape index (κ3) is 3.60. The van der Waals surface area contributed by atoms with Gasteiger partial charge in [-0.2, -0.15) is 13.2 Å². The third-order valence-electron chi connectivity index (χ3n) is 3.66. The molecule has 1 aromatic carbocycles. The summed E-state index contributed by atoms with van der Waals surface area (Å²) in [5, 5.41) is 0. The summed E-state index contributed by atoms with van der Waals surface area (Å²) in [5.74, 6) is -0.0285. The molecule has 122 valence electrons. The van der Waals surface area contributed by atoms with Gasteiger partial charge in [0.2, 0.25) is 16.9 Å². The number of hydrogen-bond donors (Lipinski definition) is 1. The first-order chi connectivity index (χ1) is 10.1. The second-order valence-electron chi connectivity index (χ2n) is 5.83. The first kappa shape index (κ1) is 16.8. The zero-order valence-electron chi connectivity index (χ0n) is 12.2. The monoisotopic (exact) mass is 334 g/mol. The summed E-state index contributed by atoms with van der Waals surface area (Å²) in [6, 6.07) is 6.26. The average Bonchev–Trinajstić information content (AvgIpc) is 2.67. The number of nitrogens with one attached hydrogen (secondary N) is 1.